The quantitative estimate of drug-likeness (QED) is 0.778. The fraction of sp³-hybridized carbons (Fsp3) is 0.308. The van der Waals surface area contributed by atoms with Crippen LogP contribution in [0.2, 0.25) is 10.0 Å². The zero-order valence-corrected chi connectivity index (χ0v) is 12.6. The Kier molecular flexibility index (Phi) is 6.45. The molecule has 0 radical (unpaired) electrons. The van der Waals surface area contributed by atoms with Gasteiger partial charge in [-0.25, -0.2) is 4.79 Å². The van der Waals surface area contributed by atoms with Gasteiger partial charge < -0.3 is 15.2 Å². The molecule has 0 aliphatic rings. The molecule has 6 nitrogen and oxygen atoms in total. The minimum Gasteiger partial charge on any atom is -0.480 e. The first-order chi connectivity index (χ1) is 9.86. The number of benzene rings is 1. The van der Waals surface area contributed by atoms with Gasteiger partial charge in [-0.2, -0.15) is 0 Å². The molecule has 8 heteroatoms. The van der Waals surface area contributed by atoms with Gasteiger partial charge in [-0.05, 0) is 18.6 Å². The van der Waals surface area contributed by atoms with Crippen molar-refractivity contribution in [1.29, 1.82) is 0 Å². The molecule has 1 aromatic rings. The molecule has 0 spiro atoms. The molecule has 0 fully saturated rings. The van der Waals surface area contributed by atoms with E-state index in [-0.39, 0.29) is 28.5 Å². The molecule has 21 heavy (non-hydrogen) atoms. The number of esters is 1. The summed E-state index contributed by atoms with van der Waals surface area (Å²) < 4.78 is 4.42. The predicted molar refractivity (Wildman–Crippen MR) is 76.6 cm³/mol. The molecular formula is C13H13Cl2NO5. The van der Waals surface area contributed by atoms with E-state index in [2.05, 4.69) is 10.1 Å². The summed E-state index contributed by atoms with van der Waals surface area (Å²) in [6, 6.07) is 3.25. The summed E-state index contributed by atoms with van der Waals surface area (Å²) in [6.07, 6.45) is -0.236. The Hall–Kier alpha value is -1.79. The lowest BCUT2D eigenvalue weighted by molar-refractivity contribution is -0.142. The van der Waals surface area contributed by atoms with Crippen molar-refractivity contribution in [3.8, 4) is 0 Å². The molecule has 0 aliphatic heterocycles. The third-order valence-corrected chi connectivity index (χ3v) is 3.29. The van der Waals surface area contributed by atoms with Crippen LogP contribution in [0.3, 0.4) is 0 Å². The van der Waals surface area contributed by atoms with Gasteiger partial charge >= 0.3 is 11.9 Å². The molecule has 0 aromatic heterocycles. The minimum atomic E-state index is -1.27. The molecule has 1 atom stereocenters. The number of carboxylic acids is 1. The summed E-state index contributed by atoms with van der Waals surface area (Å²) in [6.45, 7) is 0. The number of ether oxygens (including phenoxy) is 1. The number of hydrogen-bond acceptors (Lipinski definition) is 4. The summed E-state index contributed by atoms with van der Waals surface area (Å²) in [5.41, 5.74) is -0.00912. The zero-order valence-electron chi connectivity index (χ0n) is 11.1. The largest absolute Gasteiger partial charge is 0.480 e. The van der Waals surface area contributed by atoms with E-state index in [4.69, 9.17) is 28.3 Å². The van der Waals surface area contributed by atoms with Crippen molar-refractivity contribution in [1.82, 2.24) is 5.32 Å². The van der Waals surface area contributed by atoms with Gasteiger partial charge in [-0.1, -0.05) is 29.3 Å². The Morgan fingerprint density at radius 3 is 2.33 bits per heavy atom. The summed E-state index contributed by atoms with van der Waals surface area (Å²) in [5.74, 6) is -2.55. The Bertz CT molecular complexity index is 541. The highest BCUT2D eigenvalue weighted by atomic mass is 35.5. The molecule has 1 rings (SSSR count). The number of amides is 1. The number of hydrogen-bond donors (Lipinski definition) is 2. The second-order valence-corrected chi connectivity index (χ2v) is 4.89. The molecule has 114 valence electrons. The number of methoxy groups -OCH3 is 1. The third kappa shape index (κ3) is 4.91. The lowest BCUT2D eigenvalue weighted by atomic mass is 10.1. The van der Waals surface area contributed by atoms with Crippen LogP contribution in [0.4, 0.5) is 0 Å². The number of carbonyl (C=O) groups is 3. The van der Waals surface area contributed by atoms with Gasteiger partial charge in [-0.3, -0.25) is 9.59 Å². The van der Waals surface area contributed by atoms with E-state index in [0.29, 0.717) is 0 Å². The Balaban J connectivity index is 2.82. The highest BCUT2D eigenvalue weighted by molar-refractivity contribution is 6.39. The highest BCUT2D eigenvalue weighted by Gasteiger charge is 2.24. The van der Waals surface area contributed by atoms with Crippen molar-refractivity contribution in [2.75, 3.05) is 7.11 Å². The molecule has 0 heterocycles. The first-order valence-corrected chi connectivity index (χ1v) is 6.67. The van der Waals surface area contributed by atoms with Gasteiger partial charge in [0.25, 0.3) is 5.91 Å². The topological polar surface area (TPSA) is 92.7 Å². The van der Waals surface area contributed by atoms with Crippen molar-refractivity contribution in [2.24, 2.45) is 0 Å². The van der Waals surface area contributed by atoms with Crippen molar-refractivity contribution < 1.29 is 24.2 Å². The number of carboxylic acid groups (broad SMARTS) is 1. The highest BCUT2D eigenvalue weighted by Crippen LogP contribution is 2.24. The van der Waals surface area contributed by atoms with Crippen molar-refractivity contribution in [3.63, 3.8) is 0 Å². The second kappa shape index (κ2) is 7.85. The monoisotopic (exact) mass is 333 g/mol. The first kappa shape index (κ1) is 17.3. The number of aliphatic carboxylic acids is 1. The van der Waals surface area contributed by atoms with Crippen LogP contribution < -0.4 is 5.32 Å². The molecule has 1 aromatic carbocycles. The molecule has 1 amide bonds. The SMILES string of the molecule is COC(=O)CC[C@H](NC(=O)c1c(Cl)cccc1Cl)C(=O)O. The summed E-state index contributed by atoms with van der Waals surface area (Å²) in [4.78, 5) is 34.2. The van der Waals surface area contributed by atoms with Gasteiger partial charge in [0.2, 0.25) is 0 Å². The molecule has 0 bridgehead atoms. The average Bonchev–Trinajstić information content (AvgIpc) is 2.42. The van der Waals surface area contributed by atoms with Crippen LogP contribution in [0.1, 0.15) is 23.2 Å². The smallest absolute Gasteiger partial charge is 0.326 e. The average molecular weight is 334 g/mol. The Morgan fingerprint density at radius 2 is 1.86 bits per heavy atom. The van der Waals surface area contributed by atoms with Crippen molar-refractivity contribution >= 4 is 41.0 Å². The fourth-order valence-corrected chi connectivity index (χ4v) is 2.14. The third-order valence-electron chi connectivity index (χ3n) is 2.66. The summed E-state index contributed by atoms with van der Waals surface area (Å²) >= 11 is 11.7. The van der Waals surface area contributed by atoms with E-state index >= 15 is 0 Å². The molecule has 0 aliphatic carbocycles. The van der Waals surface area contributed by atoms with Crippen LogP contribution in [0, 0.1) is 0 Å². The lowest BCUT2D eigenvalue weighted by Crippen LogP contribution is -2.41. The molecule has 2 N–H and O–H groups in total. The zero-order chi connectivity index (χ0) is 16.0. The number of carbonyl (C=O) groups excluding carboxylic acids is 2. The van der Waals surface area contributed by atoms with E-state index < -0.39 is 23.9 Å². The van der Waals surface area contributed by atoms with Gasteiger partial charge in [0.15, 0.2) is 0 Å². The maximum atomic E-state index is 12.1. The van der Waals surface area contributed by atoms with E-state index in [1.54, 1.807) is 6.07 Å². The van der Waals surface area contributed by atoms with Crippen LogP contribution in [0.25, 0.3) is 0 Å². The summed E-state index contributed by atoms with van der Waals surface area (Å²) in [5, 5.41) is 11.6. The van der Waals surface area contributed by atoms with Gasteiger partial charge in [0, 0.05) is 6.42 Å². The van der Waals surface area contributed by atoms with Gasteiger partial charge in [0.1, 0.15) is 6.04 Å². The lowest BCUT2D eigenvalue weighted by Gasteiger charge is -2.15. The van der Waals surface area contributed by atoms with E-state index in [9.17, 15) is 14.4 Å². The second-order valence-electron chi connectivity index (χ2n) is 4.08. The van der Waals surface area contributed by atoms with E-state index in [0.717, 1.165) is 0 Å². The van der Waals surface area contributed by atoms with E-state index in [1.807, 2.05) is 0 Å². The fourth-order valence-electron chi connectivity index (χ4n) is 1.57. The molecule has 0 saturated heterocycles. The molecule has 0 unspecified atom stereocenters. The van der Waals surface area contributed by atoms with Crippen LogP contribution in [-0.2, 0) is 14.3 Å². The van der Waals surface area contributed by atoms with E-state index in [1.165, 1.54) is 19.2 Å². The van der Waals surface area contributed by atoms with Gasteiger partial charge in [0.05, 0.1) is 22.7 Å². The predicted octanol–water partition coefficient (Wildman–Crippen LogP) is 2.13. The maximum Gasteiger partial charge on any atom is 0.326 e. The van der Waals surface area contributed by atoms with Crippen LogP contribution >= 0.6 is 23.2 Å². The summed E-state index contributed by atoms with van der Waals surface area (Å²) in [7, 11) is 1.19. The number of rotatable bonds is 6. The number of halogens is 2. The Morgan fingerprint density at radius 1 is 1.29 bits per heavy atom. The first-order valence-electron chi connectivity index (χ1n) is 5.91. The van der Waals surface area contributed by atoms with Crippen LogP contribution in [0.5, 0.6) is 0 Å². The number of nitrogens with one attached hydrogen (secondary N) is 1. The minimum absolute atomic E-state index is 0.00912. The maximum absolute atomic E-state index is 12.1. The molecular weight excluding hydrogens is 321 g/mol. The normalized spacial score (nSPS) is 11.6. The van der Waals surface area contributed by atoms with Crippen molar-refractivity contribution in [2.45, 2.75) is 18.9 Å². The van der Waals surface area contributed by atoms with Crippen molar-refractivity contribution in [3.05, 3.63) is 33.8 Å². The molecule has 0 saturated carbocycles. The van der Waals surface area contributed by atoms with Gasteiger partial charge in [-0.15, -0.1) is 0 Å². The van der Waals surface area contributed by atoms with Crippen LogP contribution in [0.15, 0.2) is 18.2 Å². The van der Waals surface area contributed by atoms with Crippen LogP contribution in [-0.4, -0.2) is 36.1 Å². The Labute approximate surface area is 131 Å². The standard InChI is InChI=1S/C13H13Cl2NO5/c1-21-10(17)6-5-9(13(19)20)16-12(18)11-7(14)3-2-4-8(11)15/h2-4,9H,5-6H2,1H3,(H,16,18)(H,19,20)/t9-/m0/s1.